The zero-order valence-electron chi connectivity index (χ0n) is 7.80. The third kappa shape index (κ3) is 0.936. The average molecular weight is 153 g/mol. The van der Waals surface area contributed by atoms with Gasteiger partial charge >= 0.3 is 0 Å². The van der Waals surface area contributed by atoms with E-state index >= 15 is 0 Å². The maximum absolute atomic E-state index is 6.02. The molecule has 0 radical (unpaired) electrons. The molecule has 2 aliphatic rings. The van der Waals surface area contributed by atoms with E-state index < -0.39 is 0 Å². The minimum atomic E-state index is 0.484. The van der Waals surface area contributed by atoms with E-state index in [9.17, 15) is 0 Å². The summed E-state index contributed by atoms with van der Waals surface area (Å²) in [6.45, 7) is 7.09. The van der Waals surface area contributed by atoms with Crippen LogP contribution in [-0.2, 0) is 0 Å². The maximum atomic E-state index is 6.02. The van der Waals surface area contributed by atoms with Crippen LogP contribution in [0.25, 0.3) is 0 Å². The lowest BCUT2D eigenvalue weighted by atomic mass is 9.87. The van der Waals surface area contributed by atoms with Crippen molar-refractivity contribution in [2.75, 3.05) is 0 Å². The molecular weight excluding hydrogens is 134 g/mol. The van der Waals surface area contributed by atoms with E-state index in [1.165, 1.54) is 12.8 Å². The maximum Gasteiger partial charge on any atom is 0.00675 e. The highest BCUT2D eigenvalue weighted by Crippen LogP contribution is 2.65. The van der Waals surface area contributed by atoms with Crippen LogP contribution in [-0.4, -0.2) is 6.04 Å². The standard InChI is InChI=1S/C10H19N/c1-6-4-7-8(5-9(6)11)10(7,2)3/h6-9H,4-5,11H2,1-3H3. The van der Waals surface area contributed by atoms with Crippen LogP contribution in [0.4, 0.5) is 0 Å². The van der Waals surface area contributed by atoms with E-state index in [-0.39, 0.29) is 0 Å². The Morgan fingerprint density at radius 3 is 2.27 bits per heavy atom. The van der Waals surface area contributed by atoms with Gasteiger partial charge in [-0.3, -0.25) is 0 Å². The van der Waals surface area contributed by atoms with Crippen LogP contribution in [0.5, 0.6) is 0 Å². The summed E-state index contributed by atoms with van der Waals surface area (Å²) in [7, 11) is 0. The smallest absolute Gasteiger partial charge is 0.00675 e. The van der Waals surface area contributed by atoms with E-state index in [0.717, 1.165) is 17.8 Å². The summed E-state index contributed by atoms with van der Waals surface area (Å²) in [5.74, 6) is 2.71. The summed E-state index contributed by atoms with van der Waals surface area (Å²) >= 11 is 0. The van der Waals surface area contributed by atoms with Crippen molar-refractivity contribution in [3.8, 4) is 0 Å². The first-order valence-electron chi connectivity index (χ1n) is 4.79. The molecular formula is C10H19N. The molecule has 0 heterocycles. The van der Waals surface area contributed by atoms with Crippen molar-refractivity contribution < 1.29 is 0 Å². The third-order valence-electron chi connectivity index (χ3n) is 4.17. The summed E-state index contributed by atoms with van der Waals surface area (Å²) in [4.78, 5) is 0. The first-order chi connectivity index (χ1) is 5.03. The second kappa shape index (κ2) is 2.01. The van der Waals surface area contributed by atoms with E-state index in [2.05, 4.69) is 20.8 Å². The van der Waals surface area contributed by atoms with Crippen LogP contribution in [0.3, 0.4) is 0 Å². The fourth-order valence-electron chi connectivity index (χ4n) is 2.89. The summed E-state index contributed by atoms with van der Waals surface area (Å²) in [5, 5.41) is 0. The van der Waals surface area contributed by atoms with Gasteiger partial charge in [0.25, 0.3) is 0 Å². The quantitative estimate of drug-likeness (QED) is 0.566. The van der Waals surface area contributed by atoms with Gasteiger partial charge in [0.1, 0.15) is 0 Å². The molecule has 0 amide bonds. The van der Waals surface area contributed by atoms with Gasteiger partial charge < -0.3 is 5.73 Å². The highest BCUT2D eigenvalue weighted by atomic mass is 14.7. The van der Waals surface area contributed by atoms with Crippen LogP contribution in [0.2, 0.25) is 0 Å². The molecule has 2 fully saturated rings. The zero-order valence-corrected chi connectivity index (χ0v) is 7.80. The Labute approximate surface area is 69.4 Å². The first kappa shape index (κ1) is 7.60. The zero-order chi connectivity index (χ0) is 8.22. The summed E-state index contributed by atoms with van der Waals surface area (Å²) in [5.41, 5.74) is 6.64. The molecule has 64 valence electrons. The first-order valence-corrected chi connectivity index (χ1v) is 4.79. The molecule has 0 aromatic carbocycles. The van der Waals surface area contributed by atoms with Gasteiger partial charge in [-0.05, 0) is 36.0 Å². The predicted octanol–water partition coefficient (Wildman–Crippen LogP) is 2.02. The summed E-state index contributed by atoms with van der Waals surface area (Å²) in [6, 6.07) is 0.484. The van der Waals surface area contributed by atoms with Gasteiger partial charge in [-0.15, -0.1) is 0 Å². The Balaban J connectivity index is 2.07. The van der Waals surface area contributed by atoms with Gasteiger partial charge in [0, 0.05) is 6.04 Å². The normalized spacial score (nSPS) is 53.5. The topological polar surface area (TPSA) is 26.0 Å². The Hall–Kier alpha value is -0.0400. The lowest BCUT2D eigenvalue weighted by Crippen LogP contribution is -2.32. The van der Waals surface area contributed by atoms with Crippen molar-refractivity contribution in [2.45, 2.75) is 39.7 Å². The van der Waals surface area contributed by atoms with E-state index in [4.69, 9.17) is 5.73 Å². The minimum Gasteiger partial charge on any atom is -0.327 e. The minimum absolute atomic E-state index is 0.484. The fraction of sp³-hybridized carbons (Fsp3) is 1.00. The van der Waals surface area contributed by atoms with E-state index in [1.54, 1.807) is 0 Å². The number of nitrogens with two attached hydrogens (primary N) is 1. The summed E-state index contributed by atoms with van der Waals surface area (Å²) in [6.07, 6.45) is 2.65. The van der Waals surface area contributed by atoms with E-state index in [0.29, 0.717) is 11.5 Å². The predicted molar refractivity (Wildman–Crippen MR) is 47.1 cm³/mol. The van der Waals surface area contributed by atoms with Gasteiger partial charge in [-0.25, -0.2) is 0 Å². The molecule has 1 nitrogen and oxygen atoms in total. The summed E-state index contributed by atoms with van der Waals surface area (Å²) < 4.78 is 0. The molecule has 4 unspecified atom stereocenters. The molecule has 0 aromatic heterocycles. The van der Waals surface area contributed by atoms with Gasteiger partial charge in [0.2, 0.25) is 0 Å². The van der Waals surface area contributed by atoms with Crippen LogP contribution < -0.4 is 5.73 Å². The number of rotatable bonds is 0. The van der Waals surface area contributed by atoms with Crippen molar-refractivity contribution in [1.29, 1.82) is 0 Å². The number of hydrogen-bond acceptors (Lipinski definition) is 1. The van der Waals surface area contributed by atoms with Crippen LogP contribution in [0.1, 0.15) is 33.6 Å². The molecule has 0 bridgehead atoms. The third-order valence-corrected chi connectivity index (χ3v) is 4.17. The fourth-order valence-corrected chi connectivity index (χ4v) is 2.89. The Kier molecular flexibility index (Phi) is 1.39. The van der Waals surface area contributed by atoms with Gasteiger partial charge in [0.15, 0.2) is 0 Å². The van der Waals surface area contributed by atoms with Crippen molar-refractivity contribution in [1.82, 2.24) is 0 Å². The molecule has 2 aliphatic carbocycles. The molecule has 0 saturated heterocycles. The van der Waals surface area contributed by atoms with Gasteiger partial charge in [0.05, 0.1) is 0 Å². The van der Waals surface area contributed by atoms with E-state index in [1.807, 2.05) is 0 Å². The number of fused-ring (bicyclic) bond motifs is 1. The largest absolute Gasteiger partial charge is 0.327 e. The van der Waals surface area contributed by atoms with Crippen molar-refractivity contribution >= 4 is 0 Å². The Morgan fingerprint density at radius 1 is 1.18 bits per heavy atom. The SMILES string of the molecule is CC1CC2C(CC1N)C2(C)C. The lowest BCUT2D eigenvalue weighted by Gasteiger charge is -2.23. The molecule has 2 rings (SSSR count). The van der Waals surface area contributed by atoms with Crippen LogP contribution in [0, 0.1) is 23.2 Å². The van der Waals surface area contributed by atoms with Crippen molar-refractivity contribution in [2.24, 2.45) is 28.9 Å². The average Bonchev–Trinajstić information content (AvgIpc) is 2.39. The van der Waals surface area contributed by atoms with Crippen LogP contribution >= 0.6 is 0 Å². The molecule has 11 heavy (non-hydrogen) atoms. The molecule has 0 aromatic rings. The highest BCUT2D eigenvalue weighted by molar-refractivity contribution is 5.09. The van der Waals surface area contributed by atoms with Gasteiger partial charge in [-0.2, -0.15) is 0 Å². The number of hydrogen-bond donors (Lipinski definition) is 1. The Bertz CT molecular complexity index is 156. The van der Waals surface area contributed by atoms with Crippen molar-refractivity contribution in [3.63, 3.8) is 0 Å². The van der Waals surface area contributed by atoms with Gasteiger partial charge in [-0.1, -0.05) is 20.8 Å². The van der Waals surface area contributed by atoms with Crippen molar-refractivity contribution in [3.05, 3.63) is 0 Å². The lowest BCUT2D eigenvalue weighted by molar-refractivity contribution is 0.317. The molecule has 0 spiro atoms. The second-order valence-corrected chi connectivity index (χ2v) is 5.15. The monoisotopic (exact) mass is 153 g/mol. The molecule has 2 N–H and O–H groups in total. The highest BCUT2D eigenvalue weighted by Gasteiger charge is 2.59. The molecule has 1 heteroatoms. The Morgan fingerprint density at radius 2 is 1.73 bits per heavy atom. The second-order valence-electron chi connectivity index (χ2n) is 5.15. The molecule has 2 saturated carbocycles. The van der Waals surface area contributed by atoms with Crippen LogP contribution in [0.15, 0.2) is 0 Å². The molecule has 0 aliphatic heterocycles. The molecule has 4 atom stereocenters.